The Kier molecular flexibility index (Phi) is 5.69. The van der Waals surface area contributed by atoms with Crippen LogP contribution in [0.2, 0.25) is 0 Å². The third kappa shape index (κ3) is 4.27. The Labute approximate surface area is 189 Å². The van der Waals surface area contributed by atoms with Gasteiger partial charge >= 0.3 is 12.1 Å². The lowest BCUT2D eigenvalue weighted by Gasteiger charge is -2.11. The van der Waals surface area contributed by atoms with Crippen LogP contribution in [0.3, 0.4) is 0 Å². The standard InChI is InChI=1S/C21H17F3N6O4/c1-29-10-15(18(28-29)20(32)34-3)26-19(31)14-9-17-25-13(11-4-6-12(33-2)7-5-11)8-16(21(22,23)24)30(17)27-14/h4-10H,1-3H3,(H,26,31). The van der Waals surface area contributed by atoms with Gasteiger partial charge in [0.15, 0.2) is 22.7 Å². The molecule has 3 aromatic heterocycles. The first kappa shape index (κ1) is 22.8. The van der Waals surface area contributed by atoms with Crippen LogP contribution in [0.5, 0.6) is 5.75 Å². The number of rotatable bonds is 5. The third-order valence-corrected chi connectivity index (χ3v) is 4.79. The Morgan fingerprint density at radius 2 is 1.76 bits per heavy atom. The van der Waals surface area contributed by atoms with Crippen molar-refractivity contribution in [3.63, 3.8) is 0 Å². The van der Waals surface area contributed by atoms with Crippen LogP contribution in [0.1, 0.15) is 26.7 Å². The van der Waals surface area contributed by atoms with Crippen molar-refractivity contribution in [1.82, 2.24) is 24.4 Å². The average Bonchev–Trinajstić information content (AvgIpc) is 3.40. The number of carbonyl (C=O) groups excluding carboxylic acids is 2. The molecule has 34 heavy (non-hydrogen) atoms. The van der Waals surface area contributed by atoms with Gasteiger partial charge in [-0.1, -0.05) is 0 Å². The van der Waals surface area contributed by atoms with E-state index in [-0.39, 0.29) is 28.4 Å². The number of fused-ring (bicyclic) bond motifs is 1. The molecule has 0 aliphatic rings. The fourth-order valence-corrected chi connectivity index (χ4v) is 3.21. The molecule has 0 unspecified atom stereocenters. The van der Waals surface area contributed by atoms with Crippen molar-refractivity contribution in [3.8, 4) is 17.0 Å². The van der Waals surface area contributed by atoms with Crippen LogP contribution in [0.15, 0.2) is 42.6 Å². The molecule has 13 heteroatoms. The van der Waals surface area contributed by atoms with E-state index in [9.17, 15) is 22.8 Å². The van der Waals surface area contributed by atoms with Gasteiger partial charge in [-0.3, -0.25) is 9.48 Å². The number of nitrogens with zero attached hydrogens (tertiary/aromatic N) is 5. The van der Waals surface area contributed by atoms with Crippen molar-refractivity contribution in [3.05, 3.63) is 59.7 Å². The number of halogens is 3. The molecule has 1 aromatic carbocycles. The molecule has 0 aliphatic carbocycles. The van der Waals surface area contributed by atoms with E-state index in [1.165, 1.54) is 25.0 Å². The smallest absolute Gasteiger partial charge is 0.433 e. The van der Waals surface area contributed by atoms with Gasteiger partial charge in [0.1, 0.15) is 5.75 Å². The van der Waals surface area contributed by atoms with Gasteiger partial charge in [0.25, 0.3) is 5.91 Å². The Hall–Kier alpha value is -4.42. The topological polar surface area (TPSA) is 113 Å². The van der Waals surface area contributed by atoms with Crippen LogP contribution in [-0.2, 0) is 18.0 Å². The minimum absolute atomic E-state index is 0.0133. The Morgan fingerprint density at radius 3 is 2.38 bits per heavy atom. The molecule has 4 aromatic rings. The second-order valence-electron chi connectivity index (χ2n) is 7.06. The number of hydrogen-bond donors (Lipinski definition) is 1. The van der Waals surface area contributed by atoms with E-state index in [0.29, 0.717) is 15.8 Å². The molecule has 1 N–H and O–H groups in total. The lowest BCUT2D eigenvalue weighted by atomic mass is 10.1. The molecule has 0 spiro atoms. The van der Waals surface area contributed by atoms with Crippen molar-refractivity contribution in [2.45, 2.75) is 6.18 Å². The second-order valence-corrected chi connectivity index (χ2v) is 7.06. The molecule has 4 rings (SSSR count). The number of alkyl halides is 3. The molecule has 0 bridgehead atoms. The molecule has 0 saturated carbocycles. The first-order valence-electron chi connectivity index (χ1n) is 9.66. The van der Waals surface area contributed by atoms with Gasteiger partial charge in [-0.15, -0.1) is 0 Å². The van der Waals surface area contributed by atoms with Gasteiger partial charge in [0.2, 0.25) is 0 Å². The highest BCUT2D eigenvalue weighted by molar-refractivity contribution is 6.06. The van der Waals surface area contributed by atoms with Gasteiger partial charge < -0.3 is 14.8 Å². The summed E-state index contributed by atoms with van der Waals surface area (Å²) in [5.41, 5.74) is -1.35. The van der Waals surface area contributed by atoms with E-state index >= 15 is 0 Å². The maximum Gasteiger partial charge on any atom is 0.433 e. The van der Waals surface area contributed by atoms with Gasteiger partial charge in [0.05, 0.1) is 25.6 Å². The zero-order valence-corrected chi connectivity index (χ0v) is 18.0. The highest BCUT2D eigenvalue weighted by Crippen LogP contribution is 2.33. The maximum absolute atomic E-state index is 13.8. The SMILES string of the molecule is COC(=O)c1nn(C)cc1NC(=O)c1cc2nc(-c3ccc(OC)cc3)cc(C(F)(F)F)n2n1. The van der Waals surface area contributed by atoms with Gasteiger partial charge in [0, 0.05) is 24.9 Å². The number of amides is 1. The highest BCUT2D eigenvalue weighted by Gasteiger charge is 2.36. The van der Waals surface area contributed by atoms with Crippen molar-refractivity contribution in [1.29, 1.82) is 0 Å². The normalized spacial score (nSPS) is 11.5. The summed E-state index contributed by atoms with van der Waals surface area (Å²) in [5, 5.41) is 10.1. The van der Waals surface area contributed by atoms with Crippen molar-refractivity contribution in [2.75, 3.05) is 19.5 Å². The van der Waals surface area contributed by atoms with E-state index in [4.69, 9.17) is 4.74 Å². The summed E-state index contributed by atoms with van der Waals surface area (Å²) in [6.07, 6.45) is -3.43. The number of carbonyl (C=O) groups is 2. The molecule has 10 nitrogen and oxygen atoms in total. The van der Waals surface area contributed by atoms with Crippen LogP contribution < -0.4 is 10.1 Å². The Balaban J connectivity index is 1.75. The molecular formula is C21H17F3N6O4. The van der Waals surface area contributed by atoms with Crippen LogP contribution in [0, 0.1) is 0 Å². The van der Waals surface area contributed by atoms with E-state index in [1.54, 1.807) is 24.3 Å². The van der Waals surface area contributed by atoms with E-state index in [1.807, 2.05) is 0 Å². The first-order chi connectivity index (χ1) is 16.1. The summed E-state index contributed by atoms with van der Waals surface area (Å²) in [7, 11) is 4.14. The van der Waals surface area contributed by atoms with E-state index in [2.05, 4.69) is 25.2 Å². The number of aromatic nitrogens is 5. The van der Waals surface area contributed by atoms with Crippen molar-refractivity contribution >= 4 is 23.2 Å². The summed E-state index contributed by atoms with van der Waals surface area (Å²) < 4.78 is 52.9. The lowest BCUT2D eigenvalue weighted by molar-refractivity contribution is -0.142. The highest BCUT2D eigenvalue weighted by atomic mass is 19.4. The van der Waals surface area contributed by atoms with E-state index < -0.39 is 23.7 Å². The molecule has 0 radical (unpaired) electrons. The fraction of sp³-hybridized carbons (Fsp3) is 0.190. The van der Waals surface area contributed by atoms with Crippen molar-refractivity contribution in [2.24, 2.45) is 7.05 Å². The van der Waals surface area contributed by atoms with Gasteiger partial charge in [-0.2, -0.15) is 23.4 Å². The van der Waals surface area contributed by atoms with Crippen LogP contribution >= 0.6 is 0 Å². The van der Waals surface area contributed by atoms with Crippen LogP contribution in [-0.4, -0.2) is 50.5 Å². The van der Waals surface area contributed by atoms with Crippen LogP contribution in [0.25, 0.3) is 16.9 Å². The molecule has 176 valence electrons. The summed E-state index contributed by atoms with van der Waals surface area (Å²) in [5.74, 6) is -1.12. The number of methoxy groups -OCH3 is 2. The first-order valence-corrected chi connectivity index (χ1v) is 9.66. The van der Waals surface area contributed by atoms with Gasteiger partial charge in [-0.25, -0.2) is 14.3 Å². The second kappa shape index (κ2) is 8.50. The number of benzene rings is 1. The van der Waals surface area contributed by atoms with Crippen LogP contribution in [0.4, 0.5) is 18.9 Å². The summed E-state index contributed by atoms with van der Waals surface area (Å²) in [6.45, 7) is 0. The van der Waals surface area contributed by atoms with Gasteiger partial charge in [-0.05, 0) is 30.3 Å². The van der Waals surface area contributed by atoms with Crippen molar-refractivity contribution < 1.29 is 32.2 Å². The Bertz CT molecular complexity index is 1390. The monoisotopic (exact) mass is 474 g/mol. The quantitative estimate of drug-likeness (QED) is 0.442. The molecular weight excluding hydrogens is 457 g/mol. The molecule has 0 saturated heterocycles. The number of anilines is 1. The number of esters is 1. The molecule has 3 heterocycles. The maximum atomic E-state index is 13.8. The number of aryl methyl sites for hydroxylation is 1. The average molecular weight is 474 g/mol. The molecule has 0 fully saturated rings. The minimum atomic E-state index is -4.77. The predicted octanol–water partition coefficient (Wildman–Crippen LogP) is 3.20. The summed E-state index contributed by atoms with van der Waals surface area (Å²) >= 11 is 0. The number of hydrogen-bond acceptors (Lipinski definition) is 7. The predicted molar refractivity (Wildman–Crippen MR) is 112 cm³/mol. The zero-order chi connectivity index (χ0) is 24.6. The summed E-state index contributed by atoms with van der Waals surface area (Å²) in [6, 6.07) is 8.29. The Morgan fingerprint density at radius 1 is 1.06 bits per heavy atom. The minimum Gasteiger partial charge on any atom is -0.497 e. The fourth-order valence-electron chi connectivity index (χ4n) is 3.21. The summed E-state index contributed by atoms with van der Waals surface area (Å²) in [4.78, 5) is 28.8. The van der Waals surface area contributed by atoms with E-state index in [0.717, 1.165) is 19.2 Å². The molecule has 1 amide bonds. The zero-order valence-electron chi connectivity index (χ0n) is 18.0. The molecule has 0 atom stereocenters. The number of nitrogens with one attached hydrogen (secondary N) is 1. The largest absolute Gasteiger partial charge is 0.497 e. The number of ether oxygens (including phenoxy) is 2. The molecule has 0 aliphatic heterocycles. The lowest BCUT2D eigenvalue weighted by Crippen LogP contribution is -2.17. The third-order valence-electron chi connectivity index (χ3n) is 4.79.